The first-order chi connectivity index (χ1) is 13.2. The lowest BCUT2D eigenvalue weighted by Crippen LogP contribution is -2.31. The third-order valence-corrected chi connectivity index (χ3v) is 6.03. The highest BCUT2D eigenvalue weighted by Crippen LogP contribution is 2.28. The van der Waals surface area contributed by atoms with Gasteiger partial charge in [-0.2, -0.15) is 0 Å². The highest BCUT2D eigenvalue weighted by Gasteiger charge is 2.25. The summed E-state index contributed by atoms with van der Waals surface area (Å²) in [6.45, 7) is 1.60. The van der Waals surface area contributed by atoms with Gasteiger partial charge < -0.3 is 9.72 Å². The third-order valence-electron chi connectivity index (χ3n) is 3.88. The predicted octanol–water partition coefficient (Wildman–Crippen LogP) is 3.82. The Morgan fingerprint density at radius 3 is 2.54 bits per heavy atom. The lowest BCUT2D eigenvalue weighted by Gasteiger charge is -2.09. The van der Waals surface area contributed by atoms with E-state index in [0.717, 1.165) is 0 Å². The van der Waals surface area contributed by atoms with E-state index in [4.69, 9.17) is 27.9 Å². The largest absolute Gasteiger partial charge is 0.497 e. The maximum Gasteiger partial charge on any atom is 0.285 e. The Morgan fingerprint density at radius 1 is 1.14 bits per heavy atom. The minimum atomic E-state index is -4.24. The molecule has 7 nitrogen and oxygen atoms in total. The van der Waals surface area contributed by atoms with Crippen LogP contribution in [0.5, 0.6) is 5.75 Å². The van der Waals surface area contributed by atoms with E-state index in [-0.39, 0.29) is 21.4 Å². The topological polar surface area (TPSA) is 101 Å². The summed E-state index contributed by atoms with van der Waals surface area (Å²) in [5.41, 5.74) is 0.905. The Balaban J connectivity index is 1.92. The van der Waals surface area contributed by atoms with E-state index in [1.54, 1.807) is 31.2 Å². The van der Waals surface area contributed by atoms with Crippen LogP contribution in [0.25, 0.3) is 11.4 Å². The van der Waals surface area contributed by atoms with Crippen molar-refractivity contribution >= 4 is 39.1 Å². The van der Waals surface area contributed by atoms with Gasteiger partial charge in [0.1, 0.15) is 16.5 Å². The number of aryl methyl sites for hydroxylation is 1. The number of ether oxygens (including phenoxy) is 1. The van der Waals surface area contributed by atoms with Crippen molar-refractivity contribution in [1.29, 1.82) is 0 Å². The summed E-state index contributed by atoms with van der Waals surface area (Å²) in [5, 5.41) is 0.399. The SMILES string of the molecule is COc1ccc(Cl)c(S(=O)(=O)NC(=O)c2nc(-c3ccccc3Cl)[nH]c2C)c1. The van der Waals surface area contributed by atoms with E-state index in [1.165, 1.54) is 25.3 Å². The summed E-state index contributed by atoms with van der Waals surface area (Å²) < 4.78 is 32.2. The zero-order valence-corrected chi connectivity index (χ0v) is 17.1. The molecule has 10 heteroatoms. The molecule has 0 aliphatic rings. The van der Waals surface area contributed by atoms with E-state index < -0.39 is 15.9 Å². The number of nitrogens with one attached hydrogen (secondary N) is 2. The first-order valence-corrected chi connectivity index (χ1v) is 10.2. The summed E-state index contributed by atoms with van der Waals surface area (Å²) in [7, 11) is -2.85. The number of methoxy groups -OCH3 is 1. The Bertz CT molecular complexity index is 1160. The number of carbonyl (C=O) groups is 1. The van der Waals surface area contributed by atoms with Crippen molar-refractivity contribution in [1.82, 2.24) is 14.7 Å². The molecule has 3 aromatic rings. The van der Waals surface area contributed by atoms with Gasteiger partial charge in [-0.15, -0.1) is 0 Å². The van der Waals surface area contributed by atoms with E-state index in [2.05, 4.69) is 9.97 Å². The summed E-state index contributed by atoms with van der Waals surface area (Å²) in [6, 6.07) is 11.1. The van der Waals surface area contributed by atoms with Crippen LogP contribution >= 0.6 is 23.2 Å². The molecular formula is C18H15Cl2N3O4S. The van der Waals surface area contributed by atoms with Gasteiger partial charge in [0.25, 0.3) is 15.9 Å². The molecule has 28 heavy (non-hydrogen) atoms. The van der Waals surface area contributed by atoms with Gasteiger partial charge in [-0.05, 0) is 31.2 Å². The van der Waals surface area contributed by atoms with Crippen molar-refractivity contribution in [3.63, 3.8) is 0 Å². The Morgan fingerprint density at radius 2 is 1.86 bits per heavy atom. The number of nitrogens with zero attached hydrogens (tertiary/aromatic N) is 1. The van der Waals surface area contributed by atoms with Gasteiger partial charge in [0.2, 0.25) is 0 Å². The Labute approximate surface area is 171 Å². The molecule has 2 aromatic carbocycles. The highest BCUT2D eigenvalue weighted by atomic mass is 35.5. The second-order valence-electron chi connectivity index (χ2n) is 5.77. The van der Waals surface area contributed by atoms with Crippen molar-refractivity contribution in [2.75, 3.05) is 7.11 Å². The van der Waals surface area contributed by atoms with Crippen LogP contribution in [0.4, 0.5) is 0 Å². The average molecular weight is 440 g/mol. The monoisotopic (exact) mass is 439 g/mol. The molecule has 0 saturated heterocycles. The van der Waals surface area contributed by atoms with Gasteiger partial charge in [0.15, 0.2) is 5.69 Å². The number of H-pyrrole nitrogens is 1. The zero-order valence-electron chi connectivity index (χ0n) is 14.8. The molecule has 0 atom stereocenters. The van der Waals surface area contributed by atoms with Gasteiger partial charge in [0.05, 0.1) is 17.2 Å². The number of aromatic amines is 1. The molecule has 0 saturated carbocycles. The molecule has 2 N–H and O–H groups in total. The number of hydrogen-bond donors (Lipinski definition) is 2. The van der Waals surface area contributed by atoms with Crippen LogP contribution < -0.4 is 9.46 Å². The number of carbonyl (C=O) groups excluding carboxylic acids is 1. The Kier molecular flexibility index (Phi) is 5.64. The number of amides is 1. The van der Waals surface area contributed by atoms with Crippen LogP contribution in [0.15, 0.2) is 47.4 Å². The standard InChI is InChI=1S/C18H15Cl2N3O4S/c1-10-16(22-17(21-10)12-5-3-4-6-13(12)19)18(24)23-28(25,26)15-9-11(27-2)7-8-14(15)20/h3-9H,1-2H3,(H,21,22)(H,23,24). The third kappa shape index (κ3) is 3.99. The zero-order chi connectivity index (χ0) is 20.5. The first kappa shape index (κ1) is 20.2. The molecule has 1 heterocycles. The minimum absolute atomic E-state index is 0.0448. The molecule has 0 fully saturated rings. The lowest BCUT2D eigenvalue weighted by molar-refractivity contribution is 0.0976. The van der Waals surface area contributed by atoms with E-state index >= 15 is 0 Å². The van der Waals surface area contributed by atoms with Gasteiger partial charge in [-0.1, -0.05) is 35.3 Å². The van der Waals surface area contributed by atoms with Crippen LogP contribution in [-0.2, 0) is 10.0 Å². The van der Waals surface area contributed by atoms with Crippen LogP contribution in [0.3, 0.4) is 0 Å². The van der Waals surface area contributed by atoms with Gasteiger partial charge >= 0.3 is 0 Å². The van der Waals surface area contributed by atoms with Crippen LogP contribution in [-0.4, -0.2) is 31.4 Å². The lowest BCUT2D eigenvalue weighted by atomic mass is 10.2. The Hall–Kier alpha value is -2.55. The quantitative estimate of drug-likeness (QED) is 0.628. The van der Waals surface area contributed by atoms with Crippen LogP contribution in [0.1, 0.15) is 16.2 Å². The number of benzene rings is 2. The number of sulfonamides is 1. The fourth-order valence-electron chi connectivity index (χ4n) is 2.50. The van der Waals surface area contributed by atoms with Crippen LogP contribution in [0, 0.1) is 6.92 Å². The molecule has 0 aliphatic heterocycles. The van der Waals surface area contributed by atoms with Crippen molar-refractivity contribution in [3.05, 3.63) is 63.9 Å². The van der Waals surface area contributed by atoms with Crippen molar-refractivity contribution in [2.24, 2.45) is 0 Å². The number of halogens is 2. The summed E-state index contributed by atoms with van der Waals surface area (Å²) >= 11 is 12.1. The minimum Gasteiger partial charge on any atom is -0.497 e. The summed E-state index contributed by atoms with van der Waals surface area (Å²) in [4.78, 5) is 19.4. The summed E-state index contributed by atoms with van der Waals surface area (Å²) in [6.07, 6.45) is 0. The molecule has 0 aliphatic carbocycles. The molecule has 0 bridgehead atoms. The second-order valence-corrected chi connectivity index (χ2v) is 8.24. The molecule has 0 unspecified atom stereocenters. The van der Waals surface area contributed by atoms with E-state index in [9.17, 15) is 13.2 Å². The molecule has 0 radical (unpaired) electrons. The van der Waals surface area contributed by atoms with E-state index in [0.29, 0.717) is 22.1 Å². The molecule has 1 amide bonds. The van der Waals surface area contributed by atoms with Crippen LogP contribution in [0.2, 0.25) is 10.0 Å². The normalized spacial score (nSPS) is 11.3. The van der Waals surface area contributed by atoms with Crippen molar-refractivity contribution < 1.29 is 17.9 Å². The van der Waals surface area contributed by atoms with Crippen molar-refractivity contribution in [2.45, 2.75) is 11.8 Å². The number of hydrogen-bond acceptors (Lipinski definition) is 5. The molecule has 146 valence electrons. The molecule has 0 spiro atoms. The average Bonchev–Trinajstić information content (AvgIpc) is 3.03. The van der Waals surface area contributed by atoms with E-state index in [1.807, 2.05) is 4.72 Å². The molecule has 3 rings (SSSR count). The molecular weight excluding hydrogens is 425 g/mol. The highest BCUT2D eigenvalue weighted by molar-refractivity contribution is 7.90. The predicted molar refractivity (Wildman–Crippen MR) is 106 cm³/mol. The fraction of sp³-hybridized carbons (Fsp3) is 0.111. The number of imidazole rings is 1. The summed E-state index contributed by atoms with van der Waals surface area (Å²) in [5.74, 6) is -0.259. The maximum absolute atomic E-state index is 12.6. The first-order valence-electron chi connectivity index (χ1n) is 7.95. The number of rotatable bonds is 5. The maximum atomic E-state index is 12.6. The molecule has 1 aromatic heterocycles. The fourth-order valence-corrected chi connectivity index (χ4v) is 4.20. The van der Waals surface area contributed by atoms with Gasteiger partial charge in [-0.25, -0.2) is 18.1 Å². The van der Waals surface area contributed by atoms with Gasteiger partial charge in [-0.3, -0.25) is 4.79 Å². The van der Waals surface area contributed by atoms with Crippen molar-refractivity contribution in [3.8, 4) is 17.1 Å². The second kappa shape index (κ2) is 7.83. The smallest absolute Gasteiger partial charge is 0.285 e. The number of aromatic nitrogens is 2. The van der Waals surface area contributed by atoms with Gasteiger partial charge in [0, 0.05) is 17.3 Å².